The van der Waals surface area contributed by atoms with E-state index >= 15 is 0 Å². The minimum Gasteiger partial charge on any atom is -0.385 e. The molecule has 0 bridgehead atoms. The molecule has 3 heteroatoms. The maximum atomic E-state index is 12.0. The molecule has 1 aromatic rings. The van der Waals surface area contributed by atoms with Crippen LogP contribution in [0.15, 0.2) is 24.3 Å². The summed E-state index contributed by atoms with van der Waals surface area (Å²) in [6, 6.07) is 8.20. The Morgan fingerprint density at radius 1 is 1.32 bits per heavy atom. The van der Waals surface area contributed by atoms with E-state index in [1.807, 2.05) is 24.3 Å². The van der Waals surface area contributed by atoms with Gasteiger partial charge in [-0.15, -0.1) is 0 Å². The molecule has 1 aliphatic carbocycles. The van der Waals surface area contributed by atoms with Crippen molar-refractivity contribution in [3.05, 3.63) is 29.8 Å². The highest BCUT2D eigenvalue weighted by atomic mass is 16.1. The summed E-state index contributed by atoms with van der Waals surface area (Å²) in [6.07, 6.45) is 4.62. The maximum absolute atomic E-state index is 12.0. The van der Waals surface area contributed by atoms with E-state index in [-0.39, 0.29) is 5.91 Å². The van der Waals surface area contributed by atoms with Crippen LogP contribution in [0.2, 0.25) is 0 Å². The van der Waals surface area contributed by atoms with Gasteiger partial charge < -0.3 is 10.6 Å². The second-order valence-corrected chi connectivity index (χ2v) is 5.39. The highest BCUT2D eigenvalue weighted by molar-refractivity contribution is 5.95. The number of rotatable bonds is 7. The van der Waals surface area contributed by atoms with Crippen molar-refractivity contribution in [1.82, 2.24) is 5.32 Å². The zero-order valence-corrected chi connectivity index (χ0v) is 11.9. The molecule has 2 N–H and O–H groups in total. The number of carbonyl (C=O) groups excluding carboxylic acids is 1. The van der Waals surface area contributed by atoms with Crippen molar-refractivity contribution in [2.75, 3.05) is 11.9 Å². The highest BCUT2D eigenvalue weighted by Gasteiger charge is 2.23. The van der Waals surface area contributed by atoms with Gasteiger partial charge in [0.2, 0.25) is 0 Å². The fraction of sp³-hybridized carbons (Fsp3) is 0.562. The molecule has 1 aliphatic rings. The van der Waals surface area contributed by atoms with E-state index in [4.69, 9.17) is 0 Å². The van der Waals surface area contributed by atoms with Gasteiger partial charge in [0.25, 0.3) is 5.91 Å². The monoisotopic (exact) mass is 260 g/mol. The lowest BCUT2D eigenvalue weighted by molar-refractivity contribution is 0.0951. The third kappa shape index (κ3) is 4.27. The lowest BCUT2D eigenvalue weighted by Crippen LogP contribution is -2.25. The van der Waals surface area contributed by atoms with E-state index in [1.54, 1.807) is 0 Å². The quantitative estimate of drug-likeness (QED) is 0.788. The van der Waals surface area contributed by atoms with E-state index in [0.29, 0.717) is 12.0 Å². The molecule has 1 aromatic carbocycles. The lowest BCUT2D eigenvalue weighted by atomic mass is 10.0. The van der Waals surface area contributed by atoms with E-state index in [2.05, 4.69) is 24.5 Å². The summed E-state index contributed by atoms with van der Waals surface area (Å²) in [7, 11) is 0. The van der Waals surface area contributed by atoms with Crippen molar-refractivity contribution in [2.45, 2.75) is 45.6 Å². The molecule has 0 aliphatic heterocycles. The van der Waals surface area contributed by atoms with Gasteiger partial charge in [-0.25, -0.2) is 0 Å². The molecule has 0 heterocycles. The van der Waals surface area contributed by atoms with Crippen LogP contribution in [-0.4, -0.2) is 18.5 Å². The average Bonchev–Trinajstić information content (AvgIpc) is 3.24. The standard InChI is InChI=1S/C16H24N2O/c1-3-12(4-2)11-17-15-7-5-6-13(10-15)16(19)18-14-8-9-14/h5-7,10,12,14,17H,3-4,8-9,11H2,1-2H3,(H,18,19). The van der Waals surface area contributed by atoms with Gasteiger partial charge >= 0.3 is 0 Å². The number of anilines is 1. The Hall–Kier alpha value is -1.51. The Morgan fingerprint density at radius 3 is 2.68 bits per heavy atom. The zero-order valence-electron chi connectivity index (χ0n) is 11.9. The average molecular weight is 260 g/mol. The minimum atomic E-state index is 0.0497. The molecule has 1 amide bonds. The van der Waals surface area contributed by atoms with Crippen LogP contribution in [-0.2, 0) is 0 Å². The lowest BCUT2D eigenvalue weighted by Gasteiger charge is -2.14. The fourth-order valence-corrected chi connectivity index (χ4v) is 2.11. The number of benzene rings is 1. The molecule has 0 atom stereocenters. The molecule has 0 radical (unpaired) electrons. The molecule has 2 rings (SSSR count). The van der Waals surface area contributed by atoms with Crippen LogP contribution in [0.4, 0.5) is 5.69 Å². The zero-order chi connectivity index (χ0) is 13.7. The van der Waals surface area contributed by atoms with E-state index in [1.165, 1.54) is 12.8 Å². The van der Waals surface area contributed by atoms with Crippen LogP contribution in [0.5, 0.6) is 0 Å². The van der Waals surface area contributed by atoms with Gasteiger partial charge in [-0.1, -0.05) is 32.8 Å². The van der Waals surface area contributed by atoms with Gasteiger partial charge in [0, 0.05) is 23.8 Å². The van der Waals surface area contributed by atoms with Gasteiger partial charge in [-0.2, -0.15) is 0 Å². The van der Waals surface area contributed by atoms with E-state index in [9.17, 15) is 4.79 Å². The van der Waals surface area contributed by atoms with Crippen molar-refractivity contribution >= 4 is 11.6 Å². The van der Waals surface area contributed by atoms with Gasteiger partial charge in [0.05, 0.1) is 0 Å². The summed E-state index contributed by atoms with van der Waals surface area (Å²) in [5.41, 5.74) is 1.79. The smallest absolute Gasteiger partial charge is 0.251 e. The number of nitrogens with one attached hydrogen (secondary N) is 2. The number of hydrogen-bond donors (Lipinski definition) is 2. The first-order chi connectivity index (χ1) is 9.22. The van der Waals surface area contributed by atoms with Crippen molar-refractivity contribution in [1.29, 1.82) is 0 Å². The number of hydrogen-bond acceptors (Lipinski definition) is 2. The molecule has 0 aromatic heterocycles. The second-order valence-electron chi connectivity index (χ2n) is 5.39. The minimum absolute atomic E-state index is 0.0497. The SMILES string of the molecule is CCC(CC)CNc1cccc(C(=O)NC2CC2)c1. The second kappa shape index (κ2) is 6.60. The fourth-order valence-electron chi connectivity index (χ4n) is 2.11. The Balaban J connectivity index is 1.92. The van der Waals surface area contributed by atoms with Gasteiger partial charge in [-0.3, -0.25) is 4.79 Å². The summed E-state index contributed by atoms with van der Waals surface area (Å²) in [4.78, 5) is 12.0. The molecule has 1 fully saturated rings. The third-order valence-electron chi connectivity index (χ3n) is 3.79. The summed E-state index contributed by atoms with van der Waals surface area (Å²) < 4.78 is 0. The molecule has 3 nitrogen and oxygen atoms in total. The van der Waals surface area contributed by atoms with Gasteiger partial charge in [0.15, 0.2) is 0 Å². The van der Waals surface area contributed by atoms with Crippen LogP contribution in [0.1, 0.15) is 49.9 Å². The molecular formula is C16H24N2O. The predicted molar refractivity (Wildman–Crippen MR) is 79.5 cm³/mol. The Bertz CT molecular complexity index is 423. The van der Waals surface area contributed by atoms with Crippen LogP contribution >= 0.6 is 0 Å². The summed E-state index contributed by atoms with van der Waals surface area (Å²) in [5, 5.41) is 6.45. The third-order valence-corrected chi connectivity index (χ3v) is 3.79. The van der Waals surface area contributed by atoms with Crippen molar-refractivity contribution in [3.8, 4) is 0 Å². The first-order valence-corrected chi connectivity index (χ1v) is 7.37. The topological polar surface area (TPSA) is 41.1 Å². The van der Waals surface area contributed by atoms with Gasteiger partial charge in [0.1, 0.15) is 0 Å². The van der Waals surface area contributed by atoms with Crippen LogP contribution in [0.25, 0.3) is 0 Å². The molecule has 19 heavy (non-hydrogen) atoms. The Labute approximate surface area is 115 Å². The Kier molecular flexibility index (Phi) is 4.83. The van der Waals surface area contributed by atoms with Gasteiger partial charge in [-0.05, 0) is 37.0 Å². The molecule has 0 saturated heterocycles. The maximum Gasteiger partial charge on any atom is 0.251 e. The summed E-state index contributed by atoms with van der Waals surface area (Å²) in [5.74, 6) is 0.748. The van der Waals surface area contributed by atoms with E-state index < -0.39 is 0 Å². The van der Waals surface area contributed by atoms with E-state index in [0.717, 1.165) is 30.6 Å². The molecule has 1 saturated carbocycles. The van der Waals surface area contributed by atoms with Crippen LogP contribution in [0.3, 0.4) is 0 Å². The van der Waals surface area contributed by atoms with Crippen molar-refractivity contribution in [3.63, 3.8) is 0 Å². The summed E-state index contributed by atoms with van der Waals surface area (Å²) in [6.45, 7) is 5.41. The highest BCUT2D eigenvalue weighted by Crippen LogP contribution is 2.20. The molecule has 0 unspecified atom stereocenters. The predicted octanol–water partition coefficient (Wildman–Crippen LogP) is 3.43. The van der Waals surface area contributed by atoms with Crippen LogP contribution < -0.4 is 10.6 Å². The number of amides is 1. The molecule has 0 spiro atoms. The largest absolute Gasteiger partial charge is 0.385 e. The van der Waals surface area contributed by atoms with Crippen molar-refractivity contribution in [2.24, 2.45) is 5.92 Å². The first-order valence-electron chi connectivity index (χ1n) is 7.37. The summed E-state index contributed by atoms with van der Waals surface area (Å²) >= 11 is 0. The Morgan fingerprint density at radius 2 is 2.05 bits per heavy atom. The first kappa shape index (κ1) is 13.9. The van der Waals surface area contributed by atoms with Crippen LogP contribution in [0, 0.1) is 5.92 Å². The molecular weight excluding hydrogens is 236 g/mol. The normalized spacial score (nSPS) is 14.5. The number of carbonyl (C=O) groups is 1. The van der Waals surface area contributed by atoms with Crippen molar-refractivity contribution < 1.29 is 4.79 Å². The molecule has 104 valence electrons.